The average Bonchev–Trinajstić information content (AvgIpc) is 3.17. The molecule has 5 nitrogen and oxygen atoms in total. The lowest BCUT2D eigenvalue weighted by atomic mass is 10.1. The lowest BCUT2D eigenvalue weighted by Gasteiger charge is -2.11. The summed E-state index contributed by atoms with van der Waals surface area (Å²) in [5.41, 5.74) is 5.19. The number of aryl methyl sites for hydroxylation is 1. The molecule has 0 unspecified atom stereocenters. The van der Waals surface area contributed by atoms with E-state index < -0.39 is 0 Å². The second-order valence-corrected chi connectivity index (χ2v) is 5.41. The fourth-order valence-corrected chi connectivity index (χ4v) is 2.62. The first-order valence-electron chi connectivity index (χ1n) is 6.44. The quantitative estimate of drug-likeness (QED) is 0.808. The maximum absolute atomic E-state index is 12.2. The van der Waals surface area contributed by atoms with E-state index in [2.05, 4.69) is 15.2 Å². The summed E-state index contributed by atoms with van der Waals surface area (Å²) >= 11 is 1.40. The van der Waals surface area contributed by atoms with Gasteiger partial charge in [-0.3, -0.25) is 14.8 Å². The summed E-state index contributed by atoms with van der Waals surface area (Å²) < 4.78 is 0. The molecule has 1 N–H and O–H groups in total. The van der Waals surface area contributed by atoms with E-state index in [1.165, 1.54) is 16.2 Å². The molecule has 0 radical (unpaired) electrons. The van der Waals surface area contributed by atoms with Crippen molar-refractivity contribution in [1.29, 1.82) is 0 Å². The highest BCUT2D eigenvalue weighted by molar-refractivity contribution is 7.07. The highest BCUT2D eigenvalue weighted by Gasteiger charge is 2.18. The molecule has 1 amide bonds. The minimum atomic E-state index is -0.168. The molecule has 0 aliphatic heterocycles. The van der Waals surface area contributed by atoms with Gasteiger partial charge in [-0.15, -0.1) is 11.3 Å². The Kier molecular flexibility index (Phi) is 3.53. The van der Waals surface area contributed by atoms with E-state index in [9.17, 15) is 4.79 Å². The van der Waals surface area contributed by atoms with E-state index in [0.29, 0.717) is 11.5 Å². The second-order valence-electron chi connectivity index (χ2n) is 4.69. The van der Waals surface area contributed by atoms with Crippen LogP contribution < -0.4 is 4.90 Å². The van der Waals surface area contributed by atoms with Crippen molar-refractivity contribution in [3.63, 3.8) is 0 Å². The first-order chi connectivity index (χ1) is 10.2. The summed E-state index contributed by atoms with van der Waals surface area (Å²) in [5.74, 6) is 0.408. The standard InChI is InChI=1S/C15H14N4OS/c1-10-5-3-4-6-11(10)12-7-14(18-17-12)19(2)15(20)13-8-21-9-16-13/h3-9H,1-2H3,(H,17,18). The zero-order valence-electron chi connectivity index (χ0n) is 11.7. The van der Waals surface area contributed by atoms with E-state index in [4.69, 9.17) is 0 Å². The molecule has 0 aliphatic carbocycles. The van der Waals surface area contributed by atoms with Crippen LogP contribution in [0.5, 0.6) is 0 Å². The highest BCUT2D eigenvalue weighted by atomic mass is 32.1. The number of nitrogens with zero attached hydrogens (tertiary/aromatic N) is 3. The molecule has 0 atom stereocenters. The van der Waals surface area contributed by atoms with Gasteiger partial charge in [0.1, 0.15) is 5.69 Å². The van der Waals surface area contributed by atoms with Gasteiger partial charge in [0.25, 0.3) is 5.91 Å². The molecule has 0 fully saturated rings. The Morgan fingerprint density at radius 1 is 1.33 bits per heavy atom. The van der Waals surface area contributed by atoms with Crippen molar-refractivity contribution in [3.05, 3.63) is 52.5 Å². The SMILES string of the molecule is Cc1ccccc1-c1cc(N(C)C(=O)c2cscn2)n[nH]1. The van der Waals surface area contributed by atoms with Crippen LogP contribution >= 0.6 is 11.3 Å². The Balaban J connectivity index is 1.88. The van der Waals surface area contributed by atoms with E-state index in [-0.39, 0.29) is 5.91 Å². The number of hydrogen-bond donors (Lipinski definition) is 1. The molecule has 1 aromatic carbocycles. The van der Waals surface area contributed by atoms with Crippen LogP contribution in [0.4, 0.5) is 5.82 Å². The maximum atomic E-state index is 12.2. The maximum Gasteiger partial charge on any atom is 0.278 e. The minimum Gasteiger partial charge on any atom is -0.293 e. The van der Waals surface area contributed by atoms with Crippen molar-refractivity contribution in [2.75, 3.05) is 11.9 Å². The molecule has 106 valence electrons. The molecule has 3 aromatic rings. The van der Waals surface area contributed by atoms with Crippen LogP contribution in [0.25, 0.3) is 11.3 Å². The van der Waals surface area contributed by atoms with Crippen molar-refractivity contribution < 1.29 is 4.79 Å². The Hall–Kier alpha value is -2.47. The number of carbonyl (C=O) groups excluding carboxylic acids is 1. The third-order valence-corrected chi connectivity index (χ3v) is 3.89. The van der Waals surface area contributed by atoms with Crippen molar-refractivity contribution >= 4 is 23.1 Å². The summed E-state index contributed by atoms with van der Waals surface area (Å²) in [4.78, 5) is 17.8. The number of amides is 1. The summed E-state index contributed by atoms with van der Waals surface area (Å²) in [6.07, 6.45) is 0. The molecular weight excluding hydrogens is 284 g/mol. The molecular formula is C15H14N4OS. The lowest BCUT2D eigenvalue weighted by molar-refractivity contribution is 0.0988. The third-order valence-electron chi connectivity index (χ3n) is 3.30. The predicted octanol–water partition coefficient (Wildman–Crippen LogP) is 3.12. The van der Waals surface area contributed by atoms with Crippen LogP contribution in [0.1, 0.15) is 16.1 Å². The number of aromatic amines is 1. The minimum absolute atomic E-state index is 0.168. The molecule has 0 aliphatic rings. The van der Waals surface area contributed by atoms with Gasteiger partial charge in [0.2, 0.25) is 0 Å². The van der Waals surface area contributed by atoms with Gasteiger partial charge >= 0.3 is 0 Å². The van der Waals surface area contributed by atoms with Crippen LogP contribution in [0.3, 0.4) is 0 Å². The molecule has 0 saturated heterocycles. The first-order valence-corrected chi connectivity index (χ1v) is 7.39. The second kappa shape index (κ2) is 5.49. The van der Waals surface area contributed by atoms with Gasteiger partial charge < -0.3 is 0 Å². The molecule has 3 rings (SSSR count). The van der Waals surface area contributed by atoms with Crippen molar-refractivity contribution in [3.8, 4) is 11.3 Å². The Morgan fingerprint density at radius 3 is 2.86 bits per heavy atom. The summed E-state index contributed by atoms with van der Waals surface area (Å²) in [6.45, 7) is 2.04. The largest absolute Gasteiger partial charge is 0.293 e. The van der Waals surface area contributed by atoms with Crippen molar-refractivity contribution in [2.24, 2.45) is 0 Å². The average molecular weight is 298 g/mol. The molecule has 6 heteroatoms. The normalized spacial score (nSPS) is 10.6. The van der Waals surface area contributed by atoms with E-state index in [1.807, 2.05) is 37.3 Å². The van der Waals surface area contributed by atoms with Crippen LogP contribution in [-0.2, 0) is 0 Å². The van der Waals surface area contributed by atoms with Crippen molar-refractivity contribution in [2.45, 2.75) is 6.92 Å². The van der Waals surface area contributed by atoms with E-state index >= 15 is 0 Å². The predicted molar refractivity (Wildman–Crippen MR) is 83.6 cm³/mol. The Morgan fingerprint density at radius 2 is 2.14 bits per heavy atom. The van der Waals surface area contributed by atoms with E-state index in [0.717, 1.165) is 16.8 Å². The fraction of sp³-hybridized carbons (Fsp3) is 0.133. The van der Waals surface area contributed by atoms with Gasteiger partial charge in [0, 0.05) is 24.1 Å². The molecule has 2 heterocycles. The number of rotatable bonds is 3. The Bertz CT molecular complexity index is 764. The lowest BCUT2D eigenvalue weighted by Crippen LogP contribution is -2.26. The monoisotopic (exact) mass is 298 g/mol. The van der Waals surface area contributed by atoms with Gasteiger partial charge in [0.05, 0.1) is 11.2 Å². The number of anilines is 1. The molecule has 0 saturated carbocycles. The number of hydrogen-bond acceptors (Lipinski definition) is 4. The van der Waals surface area contributed by atoms with Gasteiger partial charge in [-0.05, 0) is 12.5 Å². The summed E-state index contributed by atoms with van der Waals surface area (Å²) in [7, 11) is 1.69. The zero-order valence-corrected chi connectivity index (χ0v) is 12.5. The molecule has 2 aromatic heterocycles. The first kappa shape index (κ1) is 13.5. The highest BCUT2D eigenvalue weighted by Crippen LogP contribution is 2.24. The number of thiazole rings is 1. The summed E-state index contributed by atoms with van der Waals surface area (Å²) in [5, 5.41) is 8.93. The number of nitrogens with one attached hydrogen (secondary N) is 1. The topological polar surface area (TPSA) is 61.9 Å². The summed E-state index contributed by atoms with van der Waals surface area (Å²) in [6, 6.07) is 9.91. The molecule has 0 spiro atoms. The number of carbonyl (C=O) groups is 1. The van der Waals surface area contributed by atoms with Crippen molar-refractivity contribution in [1.82, 2.24) is 15.2 Å². The molecule has 21 heavy (non-hydrogen) atoms. The van der Waals surface area contributed by atoms with Crippen LogP contribution in [0.15, 0.2) is 41.2 Å². The fourth-order valence-electron chi connectivity index (χ4n) is 2.09. The van der Waals surface area contributed by atoms with E-state index in [1.54, 1.807) is 17.9 Å². The van der Waals surface area contributed by atoms with Gasteiger partial charge in [-0.2, -0.15) is 5.10 Å². The number of H-pyrrole nitrogens is 1. The number of benzene rings is 1. The van der Waals surface area contributed by atoms with Crippen LogP contribution in [-0.4, -0.2) is 28.1 Å². The zero-order chi connectivity index (χ0) is 14.8. The van der Waals surface area contributed by atoms with Gasteiger partial charge in [-0.1, -0.05) is 24.3 Å². The van der Waals surface area contributed by atoms with Crippen LogP contribution in [0.2, 0.25) is 0 Å². The van der Waals surface area contributed by atoms with Crippen LogP contribution in [0, 0.1) is 6.92 Å². The molecule has 0 bridgehead atoms. The van der Waals surface area contributed by atoms with Gasteiger partial charge in [0.15, 0.2) is 5.82 Å². The third kappa shape index (κ3) is 2.57. The number of aromatic nitrogens is 3. The van der Waals surface area contributed by atoms with Gasteiger partial charge in [-0.25, -0.2) is 4.98 Å². The smallest absolute Gasteiger partial charge is 0.278 e. The Labute approximate surface area is 126 Å².